The lowest BCUT2D eigenvalue weighted by Gasteiger charge is -2.50. The maximum Gasteiger partial charge on any atom is 0.0961 e. The van der Waals surface area contributed by atoms with Crippen LogP contribution in [0.25, 0.3) is 0 Å². The molecule has 4 heteroatoms. The van der Waals surface area contributed by atoms with E-state index in [2.05, 4.69) is 12.1 Å². The summed E-state index contributed by atoms with van der Waals surface area (Å²) in [7, 11) is 0. The number of hydrogen-bond donors (Lipinski definition) is 0. The number of nitriles is 2. The first kappa shape index (κ1) is 10.6. The van der Waals surface area contributed by atoms with Crippen LogP contribution in [0, 0.1) is 46.3 Å². The highest BCUT2D eigenvalue weighted by molar-refractivity contribution is 5.48. The molecule has 0 N–H and O–H groups in total. The molecule has 0 aromatic carbocycles. The van der Waals surface area contributed by atoms with Crippen LogP contribution in [0.2, 0.25) is 0 Å². The van der Waals surface area contributed by atoms with Gasteiger partial charge in [0.05, 0.1) is 24.3 Å². The summed E-state index contributed by atoms with van der Waals surface area (Å²) in [5.41, 5.74) is 1.38. The Hall–Kier alpha value is -1.36. The van der Waals surface area contributed by atoms with Gasteiger partial charge in [-0.25, -0.2) is 0 Å². The van der Waals surface area contributed by atoms with Crippen molar-refractivity contribution in [3.63, 3.8) is 0 Å². The molecule has 2 saturated heterocycles. The number of nitrogens with zero attached hydrogens (tertiary/aromatic N) is 2. The fourth-order valence-electron chi connectivity index (χ4n) is 4.64. The molecule has 0 aromatic rings. The Balaban J connectivity index is 1.91. The second-order valence-electron chi connectivity index (χ2n) is 5.68. The van der Waals surface area contributed by atoms with Crippen molar-refractivity contribution in [2.24, 2.45) is 23.7 Å². The molecule has 92 valence electrons. The van der Waals surface area contributed by atoms with Crippen molar-refractivity contribution in [1.82, 2.24) is 0 Å². The molecule has 5 rings (SSSR count). The third-order valence-corrected chi connectivity index (χ3v) is 5.20. The van der Waals surface area contributed by atoms with E-state index in [0.717, 1.165) is 26.1 Å². The van der Waals surface area contributed by atoms with Gasteiger partial charge in [-0.2, -0.15) is 10.5 Å². The van der Waals surface area contributed by atoms with Crippen LogP contribution < -0.4 is 0 Å². The summed E-state index contributed by atoms with van der Waals surface area (Å²) in [6.07, 6.45) is 2.32. The summed E-state index contributed by atoms with van der Waals surface area (Å²) in [5.74, 6) is 0.992. The predicted octanol–water partition coefficient (Wildman–Crippen LogP) is 1.40. The second kappa shape index (κ2) is 3.57. The molecule has 6 atom stereocenters. The molecule has 1 saturated carbocycles. The first-order valence-corrected chi connectivity index (χ1v) is 6.64. The van der Waals surface area contributed by atoms with Gasteiger partial charge in [-0.05, 0) is 24.7 Å². The van der Waals surface area contributed by atoms with E-state index in [9.17, 15) is 10.5 Å². The minimum absolute atomic E-state index is 0.106. The van der Waals surface area contributed by atoms with Crippen molar-refractivity contribution in [1.29, 1.82) is 10.5 Å². The molecule has 0 radical (unpaired) electrons. The molecule has 3 fully saturated rings. The Kier molecular flexibility index (Phi) is 2.09. The van der Waals surface area contributed by atoms with Gasteiger partial charge >= 0.3 is 0 Å². The SMILES string of the molecule is N#CC1=C(C#N)[C@H]2[C@H]3CCO[C@H]3[C@@H]1[C@@H]1CCO[C@@H]12. The van der Waals surface area contributed by atoms with Gasteiger partial charge in [0.2, 0.25) is 0 Å². The Labute approximate surface area is 106 Å². The van der Waals surface area contributed by atoms with Crippen LogP contribution in [0.3, 0.4) is 0 Å². The van der Waals surface area contributed by atoms with Gasteiger partial charge in [0.15, 0.2) is 0 Å². The fraction of sp³-hybridized carbons (Fsp3) is 0.714. The van der Waals surface area contributed by atoms with Crippen molar-refractivity contribution >= 4 is 0 Å². The van der Waals surface area contributed by atoms with Gasteiger partial charge in [0.1, 0.15) is 0 Å². The highest BCUT2D eigenvalue weighted by Crippen LogP contribution is 2.58. The van der Waals surface area contributed by atoms with E-state index in [1.807, 2.05) is 0 Å². The molecule has 0 amide bonds. The van der Waals surface area contributed by atoms with E-state index < -0.39 is 0 Å². The molecule has 18 heavy (non-hydrogen) atoms. The van der Waals surface area contributed by atoms with E-state index in [1.165, 1.54) is 0 Å². The van der Waals surface area contributed by atoms with Crippen LogP contribution in [0.5, 0.6) is 0 Å². The first-order valence-electron chi connectivity index (χ1n) is 6.64. The molecule has 2 heterocycles. The zero-order valence-corrected chi connectivity index (χ0v) is 10.0. The zero-order valence-electron chi connectivity index (χ0n) is 10.0. The van der Waals surface area contributed by atoms with Gasteiger partial charge in [-0.3, -0.25) is 0 Å². The maximum atomic E-state index is 9.40. The van der Waals surface area contributed by atoms with Crippen LogP contribution in [-0.4, -0.2) is 25.4 Å². The third kappa shape index (κ3) is 1.06. The lowest BCUT2D eigenvalue weighted by molar-refractivity contribution is -0.0779. The average molecular weight is 242 g/mol. The molecule has 0 aromatic heterocycles. The van der Waals surface area contributed by atoms with E-state index >= 15 is 0 Å². The van der Waals surface area contributed by atoms with Crippen molar-refractivity contribution in [3.8, 4) is 12.1 Å². The quantitative estimate of drug-likeness (QED) is 0.644. The lowest BCUT2D eigenvalue weighted by Crippen LogP contribution is -2.54. The fourth-order valence-corrected chi connectivity index (χ4v) is 4.64. The summed E-state index contributed by atoms with van der Waals surface area (Å²) in [5, 5.41) is 18.8. The van der Waals surface area contributed by atoms with Crippen LogP contribution in [0.4, 0.5) is 0 Å². The first-order chi connectivity index (χ1) is 8.86. The standard InChI is InChI=1S/C14H14N2O2/c15-5-9-10(6-16)12-8-2-4-18-14(8)11(9)7-1-3-17-13(7)12/h7-8,11-14H,1-4H2/t7-,8+,11-,12-,13-,14+/m1/s1. The monoisotopic (exact) mass is 242 g/mol. The van der Waals surface area contributed by atoms with E-state index in [4.69, 9.17) is 9.47 Å². The van der Waals surface area contributed by atoms with Crippen molar-refractivity contribution in [2.75, 3.05) is 13.2 Å². The van der Waals surface area contributed by atoms with Crippen molar-refractivity contribution in [3.05, 3.63) is 11.1 Å². The smallest absolute Gasteiger partial charge is 0.0961 e. The van der Waals surface area contributed by atoms with Crippen LogP contribution in [-0.2, 0) is 9.47 Å². The van der Waals surface area contributed by atoms with Gasteiger partial charge in [0, 0.05) is 36.2 Å². The number of ether oxygens (including phenoxy) is 2. The van der Waals surface area contributed by atoms with E-state index in [0.29, 0.717) is 23.0 Å². The Bertz CT molecular complexity index is 447. The molecule has 3 aliphatic carbocycles. The van der Waals surface area contributed by atoms with E-state index in [1.54, 1.807) is 0 Å². The highest BCUT2D eigenvalue weighted by atomic mass is 16.5. The Morgan fingerprint density at radius 1 is 0.833 bits per heavy atom. The Morgan fingerprint density at radius 2 is 1.28 bits per heavy atom. The van der Waals surface area contributed by atoms with Gasteiger partial charge in [0.25, 0.3) is 0 Å². The summed E-state index contributed by atoms with van der Waals surface area (Å²) in [6, 6.07) is 4.57. The van der Waals surface area contributed by atoms with Gasteiger partial charge < -0.3 is 9.47 Å². The molecule has 2 aliphatic heterocycles. The van der Waals surface area contributed by atoms with Crippen LogP contribution in [0.1, 0.15) is 12.8 Å². The van der Waals surface area contributed by atoms with E-state index in [-0.39, 0.29) is 24.0 Å². The lowest BCUT2D eigenvalue weighted by atomic mass is 9.55. The molecule has 5 aliphatic rings. The topological polar surface area (TPSA) is 66.0 Å². The summed E-state index contributed by atoms with van der Waals surface area (Å²) >= 11 is 0. The van der Waals surface area contributed by atoms with Crippen LogP contribution >= 0.6 is 0 Å². The molecule has 0 spiro atoms. The summed E-state index contributed by atoms with van der Waals surface area (Å²) in [4.78, 5) is 0. The molecular weight excluding hydrogens is 228 g/mol. The van der Waals surface area contributed by atoms with Crippen LogP contribution in [0.15, 0.2) is 11.1 Å². The highest BCUT2D eigenvalue weighted by Gasteiger charge is 2.61. The number of rotatable bonds is 0. The second-order valence-corrected chi connectivity index (χ2v) is 5.68. The van der Waals surface area contributed by atoms with Crippen molar-refractivity contribution in [2.45, 2.75) is 25.0 Å². The minimum Gasteiger partial charge on any atom is -0.377 e. The van der Waals surface area contributed by atoms with Gasteiger partial charge in [-0.15, -0.1) is 0 Å². The normalized spacial score (nSPS) is 48.6. The molecule has 2 bridgehead atoms. The largest absolute Gasteiger partial charge is 0.377 e. The van der Waals surface area contributed by atoms with Gasteiger partial charge in [-0.1, -0.05) is 0 Å². The summed E-state index contributed by atoms with van der Waals surface area (Å²) in [6.45, 7) is 1.53. The van der Waals surface area contributed by atoms with Crippen molar-refractivity contribution < 1.29 is 9.47 Å². The summed E-state index contributed by atoms with van der Waals surface area (Å²) < 4.78 is 11.7. The molecule has 4 nitrogen and oxygen atoms in total. The average Bonchev–Trinajstić information content (AvgIpc) is 3.06. The zero-order chi connectivity index (χ0) is 12.3. The Morgan fingerprint density at radius 3 is 1.67 bits per heavy atom. The molecule has 0 unspecified atom stereocenters. The minimum atomic E-state index is 0.106. The molecular formula is C14H14N2O2. The third-order valence-electron chi connectivity index (χ3n) is 5.20. The number of hydrogen-bond acceptors (Lipinski definition) is 4. The predicted molar refractivity (Wildman–Crippen MR) is 60.9 cm³/mol. The maximum absolute atomic E-state index is 9.40.